The number of aryl methyl sites for hydroxylation is 1. The summed E-state index contributed by atoms with van der Waals surface area (Å²) < 4.78 is 18.1. The number of esters is 1. The Labute approximate surface area is 127 Å². The molecule has 0 bridgehead atoms. The fourth-order valence-electron chi connectivity index (χ4n) is 1.78. The molecule has 0 aliphatic heterocycles. The van der Waals surface area contributed by atoms with Gasteiger partial charge in [0.25, 0.3) is 5.91 Å². The molecule has 0 radical (unpaired) electrons. The first-order chi connectivity index (χ1) is 10.5. The van der Waals surface area contributed by atoms with Gasteiger partial charge in [0.05, 0.1) is 5.56 Å². The van der Waals surface area contributed by atoms with E-state index in [4.69, 9.17) is 4.74 Å². The highest BCUT2D eigenvalue weighted by atomic mass is 19.1. The number of ether oxygens (including phenoxy) is 1. The monoisotopic (exact) mass is 301 g/mol. The number of anilines is 1. The van der Waals surface area contributed by atoms with Crippen LogP contribution in [0.1, 0.15) is 22.8 Å². The Kier molecular flexibility index (Phi) is 4.88. The summed E-state index contributed by atoms with van der Waals surface area (Å²) in [5.74, 6) is -1.73. The van der Waals surface area contributed by atoms with E-state index in [2.05, 4.69) is 5.32 Å². The predicted octanol–water partition coefficient (Wildman–Crippen LogP) is 3.32. The van der Waals surface area contributed by atoms with Gasteiger partial charge in [-0.1, -0.05) is 23.8 Å². The lowest BCUT2D eigenvalue weighted by Crippen LogP contribution is -2.30. The maximum absolute atomic E-state index is 13.1. The molecule has 4 nitrogen and oxygen atoms in total. The number of carbonyl (C=O) groups excluding carboxylic acids is 2. The lowest BCUT2D eigenvalue weighted by Gasteiger charge is -2.13. The Morgan fingerprint density at radius 1 is 1.14 bits per heavy atom. The normalized spacial score (nSPS) is 11.6. The molecule has 22 heavy (non-hydrogen) atoms. The smallest absolute Gasteiger partial charge is 0.339 e. The van der Waals surface area contributed by atoms with Crippen LogP contribution in [0.5, 0.6) is 0 Å². The van der Waals surface area contributed by atoms with Crippen molar-refractivity contribution in [3.63, 3.8) is 0 Å². The van der Waals surface area contributed by atoms with Gasteiger partial charge in [0.1, 0.15) is 5.82 Å². The van der Waals surface area contributed by atoms with Gasteiger partial charge in [-0.05, 0) is 44.2 Å². The summed E-state index contributed by atoms with van der Waals surface area (Å²) in [5.41, 5.74) is 1.75. The van der Waals surface area contributed by atoms with Gasteiger partial charge in [0.15, 0.2) is 6.10 Å². The number of nitrogens with one attached hydrogen (secondary N) is 1. The number of hydrogen-bond donors (Lipinski definition) is 1. The summed E-state index contributed by atoms with van der Waals surface area (Å²) in [6.45, 7) is 3.40. The van der Waals surface area contributed by atoms with E-state index >= 15 is 0 Å². The highest BCUT2D eigenvalue weighted by Gasteiger charge is 2.19. The Hall–Kier alpha value is -2.69. The van der Waals surface area contributed by atoms with Crippen LogP contribution in [-0.2, 0) is 9.53 Å². The van der Waals surface area contributed by atoms with E-state index in [1.807, 2.05) is 19.1 Å². The highest BCUT2D eigenvalue weighted by molar-refractivity contribution is 5.97. The van der Waals surface area contributed by atoms with E-state index in [-0.39, 0.29) is 5.56 Å². The second-order valence-corrected chi connectivity index (χ2v) is 4.91. The van der Waals surface area contributed by atoms with E-state index in [0.29, 0.717) is 5.69 Å². The number of benzene rings is 2. The maximum atomic E-state index is 13.1. The van der Waals surface area contributed by atoms with Gasteiger partial charge >= 0.3 is 5.97 Å². The molecule has 0 aliphatic rings. The SMILES string of the molecule is Cc1ccc(NC(=O)[C@H](C)OC(=O)c2cccc(F)c2)cc1. The van der Waals surface area contributed by atoms with Crippen LogP contribution in [0.25, 0.3) is 0 Å². The van der Waals surface area contributed by atoms with Crippen LogP contribution in [0.3, 0.4) is 0 Å². The van der Waals surface area contributed by atoms with Crippen LogP contribution in [0, 0.1) is 12.7 Å². The van der Waals surface area contributed by atoms with Gasteiger partial charge in [0.2, 0.25) is 0 Å². The molecule has 0 heterocycles. The molecular formula is C17H16FNO3. The second kappa shape index (κ2) is 6.85. The molecule has 0 fully saturated rings. The number of hydrogen-bond acceptors (Lipinski definition) is 3. The van der Waals surface area contributed by atoms with E-state index < -0.39 is 23.8 Å². The van der Waals surface area contributed by atoms with Gasteiger partial charge in [-0.15, -0.1) is 0 Å². The van der Waals surface area contributed by atoms with E-state index in [1.54, 1.807) is 12.1 Å². The third-order valence-corrected chi connectivity index (χ3v) is 3.03. The zero-order chi connectivity index (χ0) is 16.1. The van der Waals surface area contributed by atoms with E-state index in [0.717, 1.165) is 11.6 Å². The standard InChI is InChI=1S/C17H16FNO3/c1-11-6-8-15(9-7-11)19-16(20)12(2)22-17(21)13-4-3-5-14(18)10-13/h3-10,12H,1-2H3,(H,19,20)/t12-/m0/s1. The lowest BCUT2D eigenvalue weighted by atomic mass is 10.2. The van der Waals surface area contributed by atoms with Crippen molar-refractivity contribution in [2.45, 2.75) is 20.0 Å². The van der Waals surface area contributed by atoms with Gasteiger partial charge < -0.3 is 10.1 Å². The Bertz CT molecular complexity index is 683. The van der Waals surface area contributed by atoms with Crippen molar-refractivity contribution in [2.75, 3.05) is 5.32 Å². The van der Waals surface area contributed by atoms with Crippen LogP contribution in [-0.4, -0.2) is 18.0 Å². The van der Waals surface area contributed by atoms with Crippen molar-refractivity contribution in [1.82, 2.24) is 0 Å². The van der Waals surface area contributed by atoms with Crippen LogP contribution in [0.2, 0.25) is 0 Å². The summed E-state index contributed by atoms with van der Waals surface area (Å²) in [6.07, 6.45) is -0.989. The minimum atomic E-state index is -0.989. The third kappa shape index (κ3) is 4.15. The Balaban J connectivity index is 1.96. The number of rotatable bonds is 4. The zero-order valence-corrected chi connectivity index (χ0v) is 12.3. The summed E-state index contributed by atoms with van der Waals surface area (Å²) in [4.78, 5) is 23.8. The van der Waals surface area contributed by atoms with Gasteiger partial charge in [-0.3, -0.25) is 4.79 Å². The average molecular weight is 301 g/mol. The van der Waals surface area contributed by atoms with Crippen LogP contribution in [0.15, 0.2) is 48.5 Å². The fraction of sp³-hybridized carbons (Fsp3) is 0.176. The van der Waals surface area contributed by atoms with E-state index in [1.165, 1.54) is 25.1 Å². The summed E-state index contributed by atoms with van der Waals surface area (Å²) in [6, 6.07) is 12.4. The van der Waals surface area contributed by atoms with Crippen LogP contribution >= 0.6 is 0 Å². The van der Waals surface area contributed by atoms with Crippen molar-refractivity contribution in [1.29, 1.82) is 0 Å². The quantitative estimate of drug-likeness (QED) is 0.881. The first-order valence-electron chi connectivity index (χ1n) is 6.80. The van der Waals surface area contributed by atoms with Gasteiger partial charge in [0, 0.05) is 5.69 Å². The molecule has 1 N–H and O–H groups in total. The lowest BCUT2D eigenvalue weighted by molar-refractivity contribution is -0.123. The highest BCUT2D eigenvalue weighted by Crippen LogP contribution is 2.11. The summed E-state index contributed by atoms with van der Waals surface area (Å²) in [5, 5.41) is 2.65. The molecule has 2 aromatic carbocycles. The van der Waals surface area contributed by atoms with Gasteiger partial charge in [-0.25, -0.2) is 9.18 Å². The minimum absolute atomic E-state index is 0.0648. The van der Waals surface area contributed by atoms with Crippen molar-refractivity contribution in [3.8, 4) is 0 Å². The molecule has 0 saturated heterocycles. The minimum Gasteiger partial charge on any atom is -0.449 e. The first kappa shape index (κ1) is 15.7. The van der Waals surface area contributed by atoms with Crippen molar-refractivity contribution in [3.05, 3.63) is 65.5 Å². The molecule has 114 valence electrons. The van der Waals surface area contributed by atoms with Gasteiger partial charge in [-0.2, -0.15) is 0 Å². The second-order valence-electron chi connectivity index (χ2n) is 4.91. The van der Waals surface area contributed by atoms with E-state index in [9.17, 15) is 14.0 Å². The zero-order valence-electron chi connectivity index (χ0n) is 12.3. The molecule has 0 aliphatic carbocycles. The molecule has 1 amide bonds. The molecule has 2 rings (SSSR count). The largest absolute Gasteiger partial charge is 0.449 e. The van der Waals surface area contributed by atoms with Crippen LogP contribution < -0.4 is 5.32 Å². The molecule has 1 atom stereocenters. The molecule has 0 unspecified atom stereocenters. The number of carbonyl (C=O) groups is 2. The molecule has 5 heteroatoms. The molecular weight excluding hydrogens is 285 g/mol. The predicted molar refractivity (Wildman–Crippen MR) is 81.1 cm³/mol. The molecule has 0 saturated carbocycles. The summed E-state index contributed by atoms with van der Waals surface area (Å²) in [7, 11) is 0. The average Bonchev–Trinajstić information content (AvgIpc) is 2.49. The van der Waals surface area contributed by atoms with Crippen molar-refractivity contribution < 1.29 is 18.7 Å². The van der Waals surface area contributed by atoms with Crippen molar-refractivity contribution in [2.24, 2.45) is 0 Å². The van der Waals surface area contributed by atoms with Crippen molar-refractivity contribution >= 4 is 17.6 Å². The maximum Gasteiger partial charge on any atom is 0.339 e. The first-order valence-corrected chi connectivity index (χ1v) is 6.80. The fourth-order valence-corrected chi connectivity index (χ4v) is 1.78. The summed E-state index contributed by atoms with van der Waals surface area (Å²) >= 11 is 0. The molecule has 0 spiro atoms. The molecule has 0 aromatic heterocycles. The third-order valence-electron chi connectivity index (χ3n) is 3.03. The molecule has 2 aromatic rings. The Morgan fingerprint density at radius 3 is 2.45 bits per heavy atom. The Morgan fingerprint density at radius 2 is 1.82 bits per heavy atom. The topological polar surface area (TPSA) is 55.4 Å². The van der Waals surface area contributed by atoms with Crippen LogP contribution in [0.4, 0.5) is 10.1 Å². The number of halogens is 1. The number of amides is 1.